The lowest BCUT2D eigenvalue weighted by Gasteiger charge is -2.55. The summed E-state index contributed by atoms with van der Waals surface area (Å²) in [6.07, 6.45) is 12.5. The Morgan fingerprint density at radius 1 is 0.762 bits per heavy atom. The Morgan fingerprint density at radius 2 is 1.43 bits per heavy atom. The lowest BCUT2D eigenvalue weighted by Crippen LogP contribution is -2.51. The molecule has 42 heavy (non-hydrogen) atoms. The highest BCUT2D eigenvalue weighted by Crippen LogP contribution is 2.67. The molecule has 0 aromatic heterocycles. The molecule has 0 amide bonds. The summed E-state index contributed by atoms with van der Waals surface area (Å²) < 4.78 is 25.4. The lowest BCUT2D eigenvalue weighted by atomic mass is 9.50. The third-order valence-corrected chi connectivity index (χ3v) is 12.5. The number of ether oxygens (including phenoxy) is 4. The van der Waals surface area contributed by atoms with Gasteiger partial charge in [0.1, 0.15) is 0 Å². The van der Waals surface area contributed by atoms with E-state index in [1.165, 1.54) is 50.5 Å². The van der Waals surface area contributed by atoms with Crippen molar-refractivity contribution in [2.24, 2.45) is 39.9 Å². The van der Waals surface area contributed by atoms with Gasteiger partial charge < -0.3 is 18.9 Å². The number of hydrogen-bond acceptors (Lipinski definition) is 4. The van der Waals surface area contributed by atoms with Crippen molar-refractivity contribution in [2.45, 2.75) is 124 Å². The molecule has 4 aliphatic carbocycles. The summed E-state index contributed by atoms with van der Waals surface area (Å²) in [5.41, 5.74) is 6.96. The van der Waals surface area contributed by atoms with Gasteiger partial charge in [-0.3, -0.25) is 0 Å². The SMILES string of the molecule is CCC[C@@H]1CC[C@H]2[C@@H]3CC[C@H]4CC5(CCC4=C3[C@@H](c3ccc(C4OCC(C)(C)CO4)cc3)C[C@]12C)OCC(C)(C)CO5. The normalized spacial score (nSPS) is 39.0. The van der Waals surface area contributed by atoms with Gasteiger partial charge in [0.25, 0.3) is 0 Å². The summed E-state index contributed by atoms with van der Waals surface area (Å²) in [6.45, 7) is 17.1. The monoisotopic (exact) mass is 576 g/mol. The largest absolute Gasteiger partial charge is 0.349 e. The maximum Gasteiger partial charge on any atom is 0.183 e. The highest BCUT2D eigenvalue weighted by atomic mass is 16.7. The predicted octanol–water partition coefficient (Wildman–Crippen LogP) is 9.35. The van der Waals surface area contributed by atoms with E-state index in [1.54, 1.807) is 5.57 Å². The maximum atomic E-state index is 6.56. The fourth-order valence-corrected chi connectivity index (χ4v) is 10.2. The van der Waals surface area contributed by atoms with E-state index < -0.39 is 0 Å². The van der Waals surface area contributed by atoms with Gasteiger partial charge in [0.15, 0.2) is 12.1 Å². The lowest BCUT2D eigenvalue weighted by molar-refractivity contribution is -0.312. The average molecular weight is 577 g/mol. The molecule has 0 radical (unpaired) electrons. The van der Waals surface area contributed by atoms with Crippen molar-refractivity contribution in [1.29, 1.82) is 0 Å². The molecule has 2 heterocycles. The van der Waals surface area contributed by atoms with Crippen molar-refractivity contribution >= 4 is 0 Å². The van der Waals surface area contributed by atoms with Gasteiger partial charge in [-0.15, -0.1) is 0 Å². The second kappa shape index (κ2) is 10.7. The molecular formula is C38H56O4. The van der Waals surface area contributed by atoms with Gasteiger partial charge in [-0.05, 0) is 73.2 Å². The number of benzene rings is 1. The van der Waals surface area contributed by atoms with E-state index in [-0.39, 0.29) is 22.9 Å². The molecular weight excluding hydrogens is 520 g/mol. The van der Waals surface area contributed by atoms with Crippen LogP contribution in [-0.2, 0) is 18.9 Å². The van der Waals surface area contributed by atoms with Crippen molar-refractivity contribution in [3.05, 3.63) is 46.5 Å². The molecule has 0 unspecified atom stereocenters. The molecule has 1 aromatic rings. The van der Waals surface area contributed by atoms with Crippen LogP contribution in [0.5, 0.6) is 0 Å². The van der Waals surface area contributed by atoms with Gasteiger partial charge in [-0.1, -0.05) is 89.8 Å². The number of allylic oxidation sites excluding steroid dienone is 2. The molecule has 4 heteroatoms. The Hall–Kier alpha value is -1.20. The van der Waals surface area contributed by atoms with Crippen LogP contribution in [0.1, 0.15) is 129 Å². The van der Waals surface area contributed by atoms with Crippen LogP contribution in [0.4, 0.5) is 0 Å². The quantitative estimate of drug-likeness (QED) is 0.335. The smallest absolute Gasteiger partial charge is 0.183 e. The molecule has 6 aliphatic rings. The van der Waals surface area contributed by atoms with E-state index in [1.807, 2.05) is 5.57 Å². The van der Waals surface area contributed by atoms with E-state index in [9.17, 15) is 0 Å². The molecule has 4 nitrogen and oxygen atoms in total. The molecule has 2 saturated heterocycles. The summed E-state index contributed by atoms with van der Waals surface area (Å²) in [7, 11) is 0. The first kappa shape index (κ1) is 29.5. The number of fused-ring (bicyclic) bond motifs is 4. The molecule has 5 fully saturated rings. The minimum Gasteiger partial charge on any atom is -0.349 e. The maximum absolute atomic E-state index is 6.56. The Balaban J connectivity index is 1.21. The van der Waals surface area contributed by atoms with Crippen LogP contribution >= 0.6 is 0 Å². The van der Waals surface area contributed by atoms with Crippen LogP contribution in [0.2, 0.25) is 0 Å². The van der Waals surface area contributed by atoms with Gasteiger partial charge in [0.05, 0.1) is 26.4 Å². The fourth-order valence-electron chi connectivity index (χ4n) is 10.2. The first-order valence-electron chi connectivity index (χ1n) is 17.4. The summed E-state index contributed by atoms with van der Waals surface area (Å²) in [5.74, 6) is 3.24. The van der Waals surface area contributed by atoms with Crippen molar-refractivity contribution in [1.82, 2.24) is 0 Å². The van der Waals surface area contributed by atoms with Crippen molar-refractivity contribution < 1.29 is 18.9 Å². The topological polar surface area (TPSA) is 36.9 Å². The van der Waals surface area contributed by atoms with Crippen molar-refractivity contribution in [3.63, 3.8) is 0 Å². The van der Waals surface area contributed by atoms with E-state index in [0.717, 1.165) is 69.0 Å². The third-order valence-electron chi connectivity index (χ3n) is 12.5. The van der Waals surface area contributed by atoms with Crippen molar-refractivity contribution in [3.8, 4) is 0 Å². The van der Waals surface area contributed by atoms with Crippen LogP contribution in [0.15, 0.2) is 35.4 Å². The first-order chi connectivity index (χ1) is 20.0. The van der Waals surface area contributed by atoms with Crippen LogP contribution < -0.4 is 0 Å². The van der Waals surface area contributed by atoms with E-state index in [4.69, 9.17) is 18.9 Å². The Morgan fingerprint density at radius 3 is 2.12 bits per heavy atom. The van der Waals surface area contributed by atoms with Crippen LogP contribution in [0, 0.1) is 39.9 Å². The molecule has 0 N–H and O–H groups in total. The zero-order valence-electron chi connectivity index (χ0n) is 27.3. The third kappa shape index (κ3) is 5.15. The summed E-state index contributed by atoms with van der Waals surface area (Å²) in [4.78, 5) is 0. The standard InChI is InChI=1S/C38H56O4/c1-7-8-28-14-16-32-30-15-13-27-19-38(41-23-36(4,5)24-42-38)18-17-29(27)33(30)31(20-37(28,32)6)25-9-11-26(12-10-25)34-39-21-35(2,3)22-40-34/h9-12,27-28,30-32,34H,7-8,13-24H2,1-6H3/t27-,28+,30-,31+,32-,37+/m0/s1. The Kier molecular flexibility index (Phi) is 7.52. The minimum absolute atomic E-state index is 0.0870. The molecule has 1 aromatic carbocycles. The number of hydrogen-bond donors (Lipinski definition) is 0. The van der Waals surface area contributed by atoms with E-state index in [2.05, 4.69) is 65.8 Å². The summed E-state index contributed by atoms with van der Waals surface area (Å²) in [6, 6.07) is 9.45. The number of rotatable bonds is 4. The molecule has 2 aliphatic heterocycles. The molecule has 232 valence electrons. The second-order valence-electron chi connectivity index (χ2n) is 16.9. The van der Waals surface area contributed by atoms with Crippen LogP contribution in [0.25, 0.3) is 0 Å². The molecule has 6 atom stereocenters. The first-order valence-corrected chi connectivity index (χ1v) is 17.4. The Bertz CT molecular complexity index is 1160. The van der Waals surface area contributed by atoms with Gasteiger partial charge >= 0.3 is 0 Å². The summed E-state index contributed by atoms with van der Waals surface area (Å²) in [5, 5.41) is 0. The average Bonchev–Trinajstić information content (AvgIpc) is 3.30. The predicted molar refractivity (Wildman–Crippen MR) is 167 cm³/mol. The fraction of sp³-hybridized carbons (Fsp3) is 0.789. The second-order valence-corrected chi connectivity index (χ2v) is 16.9. The minimum atomic E-state index is -0.356. The molecule has 0 bridgehead atoms. The van der Waals surface area contributed by atoms with Crippen LogP contribution in [0.3, 0.4) is 0 Å². The van der Waals surface area contributed by atoms with Gasteiger partial charge in [-0.2, -0.15) is 0 Å². The zero-order chi connectivity index (χ0) is 29.3. The highest BCUT2D eigenvalue weighted by Gasteiger charge is 2.57. The van der Waals surface area contributed by atoms with E-state index >= 15 is 0 Å². The molecule has 7 rings (SSSR count). The molecule has 3 saturated carbocycles. The van der Waals surface area contributed by atoms with Crippen molar-refractivity contribution in [2.75, 3.05) is 26.4 Å². The van der Waals surface area contributed by atoms with Gasteiger partial charge in [0.2, 0.25) is 0 Å². The van der Waals surface area contributed by atoms with Gasteiger partial charge in [-0.25, -0.2) is 0 Å². The van der Waals surface area contributed by atoms with E-state index in [0.29, 0.717) is 17.3 Å². The summed E-state index contributed by atoms with van der Waals surface area (Å²) >= 11 is 0. The molecule has 1 spiro atoms. The Labute approximate surface area is 255 Å². The zero-order valence-corrected chi connectivity index (χ0v) is 27.3. The van der Waals surface area contributed by atoms with Gasteiger partial charge in [0, 0.05) is 35.2 Å². The van der Waals surface area contributed by atoms with Crippen LogP contribution in [-0.4, -0.2) is 32.2 Å². The highest BCUT2D eigenvalue weighted by molar-refractivity contribution is 5.41.